The lowest BCUT2D eigenvalue weighted by molar-refractivity contribution is -0.132. The van der Waals surface area contributed by atoms with Gasteiger partial charge in [-0.1, -0.05) is 24.3 Å². The van der Waals surface area contributed by atoms with E-state index >= 15 is 0 Å². The highest BCUT2D eigenvalue weighted by atomic mass is 16.5. The van der Waals surface area contributed by atoms with E-state index in [9.17, 15) is 4.79 Å². The second kappa shape index (κ2) is 7.68. The van der Waals surface area contributed by atoms with Crippen LogP contribution in [0.1, 0.15) is 16.7 Å². The molecule has 0 spiro atoms. The first-order valence-corrected chi connectivity index (χ1v) is 7.57. The minimum Gasteiger partial charge on any atom is -0.497 e. The Morgan fingerprint density at radius 3 is 2.43 bits per heavy atom. The largest absolute Gasteiger partial charge is 0.497 e. The maximum Gasteiger partial charge on any atom is 0.260 e. The molecule has 0 saturated heterocycles. The third kappa shape index (κ3) is 4.49. The normalized spacial score (nSPS) is 10.3. The van der Waals surface area contributed by atoms with E-state index in [2.05, 4.69) is 0 Å². The Morgan fingerprint density at radius 1 is 1.09 bits per heavy atom. The SMILES string of the molecule is COc1ccc(CN(C)C(=O)COc2cccc(C)c2C)cc1. The predicted molar refractivity (Wildman–Crippen MR) is 90.9 cm³/mol. The lowest BCUT2D eigenvalue weighted by Gasteiger charge is -2.18. The summed E-state index contributed by atoms with van der Waals surface area (Å²) in [6.07, 6.45) is 0. The number of aryl methyl sites for hydroxylation is 1. The molecule has 1 amide bonds. The van der Waals surface area contributed by atoms with Crippen molar-refractivity contribution in [3.05, 3.63) is 59.2 Å². The molecule has 2 rings (SSSR count). The van der Waals surface area contributed by atoms with E-state index in [0.29, 0.717) is 6.54 Å². The van der Waals surface area contributed by atoms with Crippen molar-refractivity contribution in [1.29, 1.82) is 0 Å². The molecule has 4 nitrogen and oxygen atoms in total. The zero-order valence-corrected chi connectivity index (χ0v) is 14.1. The Balaban J connectivity index is 1.90. The highest BCUT2D eigenvalue weighted by Gasteiger charge is 2.11. The molecule has 0 bridgehead atoms. The molecule has 0 saturated carbocycles. The van der Waals surface area contributed by atoms with Crippen molar-refractivity contribution in [3.8, 4) is 11.5 Å². The van der Waals surface area contributed by atoms with E-state index in [-0.39, 0.29) is 12.5 Å². The van der Waals surface area contributed by atoms with Crippen molar-refractivity contribution >= 4 is 5.91 Å². The molecular formula is C19H23NO3. The fraction of sp³-hybridized carbons (Fsp3) is 0.316. The van der Waals surface area contributed by atoms with Gasteiger partial charge in [-0.15, -0.1) is 0 Å². The van der Waals surface area contributed by atoms with Crippen molar-refractivity contribution in [2.24, 2.45) is 0 Å². The van der Waals surface area contributed by atoms with Crippen molar-refractivity contribution < 1.29 is 14.3 Å². The van der Waals surface area contributed by atoms with Gasteiger partial charge in [-0.3, -0.25) is 4.79 Å². The minimum absolute atomic E-state index is 0.0386. The topological polar surface area (TPSA) is 38.8 Å². The average molecular weight is 313 g/mol. The van der Waals surface area contributed by atoms with E-state index in [4.69, 9.17) is 9.47 Å². The zero-order valence-electron chi connectivity index (χ0n) is 14.1. The Hall–Kier alpha value is -2.49. The van der Waals surface area contributed by atoms with Crippen LogP contribution in [-0.4, -0.2) is 31.6 Å². The molecule has 4 heteroatoms. The summed E-state index contributed by atoms with van der Waals surface area (Å²) in [5.74, 6) is 1.51. The number of methoxy groups -OCH3 is 1. The predicted octanol–water partition coefficient (Wildman–Crippen LogP) is 3.35. The van der Waals surface area contributed by atoms with Crippen LogP contribution in [-0.2, 0) is 11.3 Å². The molecule has 2 aromatic rings. The van der Waals surface area contributed by atoms with Crippen LogP contribution < -0.4 is 9.47 Å². The number of ether oxygens (including phenoxy) is 2. The molecule has 0 radical (unpaired) electrons. The minimum atomic E-state index is -0.0540. The molecule has 23 heavy (non-hydrogen) atoms. The number of benzene rings is 2. The van der Waals surface area contributed by atoms with Crippen LogP contribution in [0.2, 0.25) is 0 Å². The van der Waals surface area contributed by atoms with Crippen molar-refractivity contribution in [2.75, 3.05) is 20.8 Å². The smallest absolute Gasteiger partial charge is 0.260 e. The number of nitrogens with zero attached hydrogens (tertiary/aromatic N) is 1. The van der Waals surface area contributed by atoms with E-state index in [0.717, 1.165) is 28.2 Å². The van der Waals surface area contributed by atoms with Gasteiger partial charge in [0, 0.05) is 13.6 Å². The molecule has 0 N–H and O–H groups in total. The number of rotatable bonds is 6. The fourth-order valence-electron chi connectivity index (χ4n) is 2.22. The summed E-state index contributed by atoms with van der Waals surface area (Å²) in [6, 6.07) is 13.5. The average Bonchev–Trinajstić information content (AvgIpc) is 2.56. The van der Waals surface area contributed by atoms with Crippen LogP contribution in [0.15, 0.2) is 42.5 Å². The molecule has 0 aliphatic heterocycles. The zero-order chi connectivity index (χ0) is 16.8. The molecule has 0 unspecified atom stereocenters. The van der Waals surface area contributed by atoms with Crippen LogP contribution >= 0.6 is 0 Å². The Morgan fingerprint density at radius 2 is 1.78 bits per heavy atom. The number of amides is 1. The van der Waals surface area contributed by atoms with Gasteiger partial charge in [0.1, 0.15) is 11.5 Å². The Labute approximate surface area is 137 Å². The molecule has 2 aromatic carbocycles. The summed E-state index contributed by atoms with van der Waals surface area (Å²) in [5, 5.41) is 0. The molecule has 0 atom stereocenters. The van der Waals surface area contributed by atoms with Crippen LogP contribution in [0.3, 0.4) is 0 Å². The number of hydrogen-bond acceptors (Lipinski definition) is 3. The maximum absolute atomic E-state index is 12.2. The first-order chi connectivity index (χ1) is 11.0. The van der Waals surface area contributed by atoms with Crippen molar-refractivity contribution in [2.45, 2.75) is 20.4 Å². The molecule has 0 heterocycles. The van der Waals surface area contributed by atoms with Crippen molar-refractivity contribution in [3.63, 3.8) is 0 Å². The van der Waals surface area contributed by atoms with Gasteiger partial charge in [-0.2, -0.15) is 0 Å². The first kappa shape index (κ1) is 16.9. The third-order valence-corrected chi connectivity index (χ3v) is 3.91. The number of hydrogen-bond donors (Lipinski definition) is 0. The summed E-state index contributed by atoms with van der Waals surface area (Å²) in [5.41, 5.74) is 3.27. The number of carbonyl (C=O) groups excluding carboxylic acids is 1. The third-order valence-electron chi connectivity index (χ3n) is 3.91. The lowest BCUT2D eigenvalue weighted by Crippen LogP contribution is -2.31. The van der Waals surface area contributed by atoms with Gasteiger partial charge in [0.25, 0.3) is 5.91 Å². The number of carbonyl (C=O) groups is 1. The van der Waals surface area contributed by atoms with Crippen LogP contribution in [0.4, 0.5) is 0 Å². The first-order valence-electron chi connectivity index (χ1n) is 7.57. The summed E-state index contributed by atoms with van der Waals surface area (Å²) in [6.45, 7) is 4.60. The highest BCUT2D eigenvalue weighted by Crippen LogP contribution is 2.20. The van der Waals surface area contributed by atoms with Gasteiger partial charge in [-0.25, -0.2) is 0 Å². The standard InChI is InChI=1S/C19H23NO3/c1-14-6-5-7-18(15(14)2)23-13-19(21)20(3)12-16-8-10-17(22-4)11-9-16/h5-11H,12-13H2,1-4H3. The maximum atomic E-state index is 12.2. The second-order valence-electron chi connectivity index (χ2n) is 5.58. The van der Waals surface area contributed by atoms with Gasteiger partial charge in [0.05, 0.1) is 7.11 Å². The van der Waals surface area contributed by atoms with Crippen LogP contribution in [0.5, 0.6) is 11.5 Å². The molecule has 0 aliphatic carbocycles. The molecule has 0 fully saturated rings. The van der Waals surface area contributed by atoms with E-state index < -0.39 is 0 Å². The number of likely N-dealkylation sites (N-methyl/N-ethyl adjacent to an activating group) is 1. The van der Waals surface area contributed by atoms with Crippen LogP contribution in [0, 0.1) is 13.8 Å². The fourth-order valence-corrected chi connectivity index (χ4v) is 2.22. The Kier molecular flexibility index (Phi) is 5.63. The molecule has 0 aromatic heterocycles. The molecular weight excluding hydrogens is 290 g/mol. The second-order valence-corrected chi connectivity index (χ2v) is 5.58. The van der Waals surface area contributed by atoms with E-state index in [1.54, 1.807) is 19.1 Å². The monoisotopic (exact) mass is 313 g/mol. The summed E-state index contributed by atoms with van der Waals surface area (Å²) in [7, 11) is 3.41. The van der Waals surface area contributed by atoms with E-state index in [1.807, 2.05) is 56.3 Å². The van der Waals surface area contributed by atoms with Gasteiger partial charge in [-0.05, 0) is 48.7 Å². The molecule has 0 aliphatic rings. The van der Waals surface area contributed by atoms with Gasteiger partial charge < -0.3 is 14.4 Å². The summed E-state index contributed by atoms with van der Waals surface area (Å²) in [4.78, 5) is 13.9. The quantitative estimate of drug-likeness (QED) is 0.821. The van der Waals surface area contributed by atoms with Gasteiger partial charge in [0.2, 0.25) is 0 Å². The summed E-state index contributed by atoms with van der Waals surface area (Å²) < 4.78 is 10.8. The summed E-state index contributed by atoms with van der Waals surface area (Å²) >= 11 is 0. The van der Waals surface area contributed by atoms with E-state index in [1.165, 1.54) is 0 Å². The van der Waals surface area contributed by atoms with Gasteiger partial charge in [0.15, 0.2) is 6.61 Å². The lowest BCUT2D eigenvalue weighted by atomic mass is 10.1. The van der Waals surface area contributed by atoms with Crippen LogP contribution in [0.25, 0.3) is 0 Å². The van der Waals surface area contributed by atoms with Crippen molar-refractivity contribution in [1.82, 2.24) is 4.90 Å². The van der Waals surface area contributed by atoms with Gasteiger partial charge >= 0.3 is 0 Å². The molecule has 122 valence electrons. The highest BCUT2D eigenvalue weighted by molar-refractivity contribution is 5.77. The Bertz CT molecular complexity index is 665.